The number of benzene rings is 1. The standard InChI is InChI=1S/C18H22N2O6/c1-2-24-18(23)13-4-3-7-20(10-13)17(22)16(21)19-9-12-5-6-14-15(8-12)26-11-25-14/h5-6,8,13H,2-4,7,9-11H2,1H3,(H,19,21). The number of piperidine rings is 1. The van der Waals surface area contributed by atoms with Crippen LogP contribution in [0.25, 0.3) is 0 Å². The number of hydrogen-bond donors (Lipinski definition) is 1. The summed E-state index contributed by atoms with van der Waals surface area (Å²) in [5.74, 6) is -0.710. The first-order chi connectivity index (χ1) is 12.6. The number of nitrogens with one attached hydrogen (secondary N) is 1. The van der Waals surface area contributed by atoms with E-state index in [9.17, 15) is 14.4 Å². The van der Waals surface area contributed by atoms with Gasteiger partial charge in [-0.3, -0.25) is 14.4 Å². The molecule has 0 saturated carbocycles. The van der Waals surface area contributed by atoms with E-state index in [-0.39, 0.29) is 31.8 Å². The van der Waals surface area contributed by atoms with E-state index in [2.05, 4.69) is 5.32 Å². The molecule has 2 aliphatic heterocycles. The Morgan fingerprint density at radius 1 is 1.27 bits per heavy atom. The number of rotatable bonds is 4. The summed E-state index contributed by atoms with van der Waals surface area (Å²) in [6.45, 7) is 3.12. The fourth-order valence-corrected chi connectivity index (χ4v) is 3.07. The van der Waals surface area contributed by atoms with Crippen LogP contribution in [0.1, 0.15) is 25.3 Å². The third-order valence-electron chi connectivity index (χ3n) is 4.41. The smallest absolute Gasteiger partial charge is 0.311 e. The average Bonchev–Trinajstić information content (AvgIpc) is 3.13. The molecule has 1 aromatic carbocycles. The topological polar surface area (TPSA) is 94.2 Å². The Bertz CT molecular complexity index is 705. The monoisotopic (exact) mass is 362 g/mol. The third-order valence-corrected chi connectivity index (χ3v) is 4.41. The molecule has 2 heterocycles. The fourth-order valence-electron chi connectivity index (χ4n) is 3.07. The Kier molecular flexibility index (Phi) is 5.60. The van der Waals surface area contributed by atoms with Crippen LogP contribution in [-0.4, -0.2) is 49.2 Å². The fraction of sp³-hybridized carbons (Fsp3) is 0.500. The van der Waals surface area contributed by atoms with Crippen LogP contribution in [0, 0.1) is 5.92 Å². The van der Waals surface area contributed by atoms with Gasteiger partial charge in [0.15, 0.2) is 11.5 Å². The van der Waals surface area contributed by atoms with Gasteiger partial charge in [0.25, 0.3) is 0 Å². The molecule has 1 atom stereocenters. The van der Waals surface area contributed by atoms with Crippen molar-refractivity contribution in [2.24, 2.45) is 5.92 Å². The summed E-state index contributed by atoms with van der Waals surface area (Å²) in [4.78, 5) is 37.8. The predicted molar refractivity (Wildman–Crippen MR) is 90.3 cm³/mol. The van der Waals surface area contributed by atoms with Crippen LogP contribution in [-0.2, 0) is 25.7 Å². The third kappa shape index (κ3) is 4.07. The molecule has 1 aromatic rings. The second kappa shape index (κ2) is 8.07. The van der Waals surface area contributed by atoms with Crippen molar-refractivity contribution < 1.29 is 28.6 Å². The van der Waals surface area contributed by atoms with Crippen LogP contribution < -0.4 is 14.8 Å². The van der Waals surface area contributed by atoms with Gasteiger partial charge in [-0.2, -0.15) is 0 Å². The lowest BCUT2D eigenvalue weighted by Gasteiger charge is -2.31. The van der Waals surface area contributed by atoms with E-state index >= 15 is 0 Å². The highest BCUT2D eigenvalue weighted by atomic mass is 16.7. The van der Waals surface area contributed by atoms with Gasteiger partial charge in [0.1, 0.15) is 0 Å². The Morgan fingerprint density at radius 2 is 2.08 bits per heavy atom. The van der Waals surface area contributed by atoms with Gasteiger partial charge in [0.05, 0.1) is 12.5 Å². The van der Waals surface area contributed by atoms with Gasteiger partial charge in [-0.05, 0) is 37.5 Å². The number of carbonyl (C=O) groups excluding carboxylic acids is 3. The first-order valence-corrected chi connectivity index (χ1v) is 8.70. The molecule has 2 amide bonds. The summed E-state index contributed by atoms with van der Waals surface area (Å²) in [5, 5.41) is 2.61. The van der Waals surface area contributed by atoms with Crippen molar-refractivity contribution in [3.8, 4) is 11.5 Å². The molecule has 0 spiro atoms. The van der Waals surface area contributed by atoms with Gasteiger partial charge >= 0.3 is 17.8 Å². The Morgan fingerprint density at radius 3 is 2.88 bits per heavy atom. The molecule has 1 unspecified atom stereocenters. The van der Waals surface area contributed by atoms with Gasteiger partial charge in [0.2, 0.25) is 6.79 Å². The molecular weight excluding hydrogens is 340 g/mol. The number of hydrogen-bond acceptors (Lipinski definition) is 6. The van der Waals surface area contributed by atoms with E-state index in [0.717, 1.165) is 5.56 Å². The van der Waals surface area contributed by atoms with Crippen molar-refractivity contribution in [3.05, 3.63) is 23.8 Å². The van der Waals surface area contributed by atoms with E-state index in [1.54, 1.807) is 25.1 Å². The van der Waals surface area contributed by atoms with Gasteiger partial charge < -0.3 is 24.4 Å². The highest BCUT2D eigenvalue weighted by Gasteiger charge is 2.31. The summed E-state index contributed by atoms with van der Waals surface area (Å²) >= 11 is 0. The molecule has 0 aliphatic carbocycles. The highest BCUT2D eigenvalue weighted by Crippen LogP contribution is 2.32. The van der Waals surface area contributed by atoms with E-state index < -0.39 is 11.8 Å². The van der Waals surface area contributed by atoms with Crippen molar-refractivity contribution in [1.82, 2.24) is 10.2 Å². The second-order valence-corrected chi connectivity index (χ2v) is 6.21. The first-order valence-electron chi connectivity index (χ1n) is 8.70. The summed E-state index contributed by atoms with van der Waals surface area (Å²) in [6.07, 6.45) is 1.34. The van der Waals surface area contributed by atoms with Gasteiger partial charge in [-0.15, -0.1) is 0 Å². The summed E-state index contributed by atoms with van der Waals surface area (Å²) < 4.78 is 15.5. The van der Waals surface area contributed by atoms with Crippen molar-refractivity contribution >= 4 is 17.8 Å². The van der Waals surface area contributed by atoms with E-state index in [0.29, 0.717) is 37.5 Å². The molecule has 3 rings (SSSR count). The van der Waals surface area contributed by atoms with Crippen molar-refractivity contribution in [2.75, 3.05) is 26.5 Å². The molecule has 1 saturated heterocycles. The SMILES string of the molecule is CCOC(=O)C1CCCN(C(=O)C(=O)NCc2ccc3c(c2)OCO3)C1. The maximum atomic E-state index is 12.3. The summed E-state index contributed by atoms with van der Waals surface area (Å²) in [5.41, 5.74) is 0.804. The summed E-state index contributed by atoms with van der Waals surface area (Å²) in [6, 6.07) is 5.33. The van der Waals surface area contributed by atoms with E-state index in [4.69, 9.17) is 14.2 Å². The minimum absolute atomic E-state index is 0.181. The molecular formula is C18H22N2O6. The maximum absolute atomic E-state index is 12.3. The van der Waals surface area contributed by atoms with Crippen LogP contribution in [0.3, 0.4) is 0 Å². The normalized spacial score (nSPS) is 18.3. The minimum Gasteiger partial charge on any atom is -0.466 e. The minimum atomic E-state index is -0.688. The van der Waals surface area contributed by atoms with Crippen LogP contribution in [0.4, 0.5) is 0 Å². The second-order valence-electron chi connectivity index (χ2n) is 6.21. The predicted octanol–water partition coefficient (Wildman–Crippen LogP) is 0.833. The zero-order valence-electron chi connectivity index (χ0n) is 14.7. The molecule has 0 radical (unpaired) electrons. The van der Waals surface area contributed by atoms with Crippen molar-refractivity contribution in [1.29, 1.82) is 0 Å². The Labute approximate surface area is 151 Å². The van der Waals surface area contributed by atoms with Crippen LogP contribution in [0.5, 0.6) is 11.5 Å². The molecule has 8 nitrogen and oxygen atoms in total. The lowest BCUT2D eigenvalue weighted by Crippen LogP contribution is -2.48. The molecule has 1 N–H and O–H groups in total. The van der Waals surface area contributed by atoms with Gasteiger partial charge in [0, 0.05) is 19.6 Å². The van der Waals surface area contributed by atoms with Gasteiger partial charge in [-0.25, -0.2) is 0 Å². The molecule has 140 valence electrons. The molecule has 8 heteroatoms. The number of nitrogens with zero attached hydrogens (tertiary/aromatic N) is 1. The van der Waals surface area contributed by atoms with Crippen LogP contribution in [0.2, 0.25) is 0 Å². The maximum Gasteiger partial charge on any atom is 0.311 e. The summed E-state index contributed by atoms with van der Waals surface area (Å²) in [7, 11) is 0. The number of esters is 1. The van der Waals surface area contributed by atoms with Gasteiger partial charge in [-0.1, -0.05) is 6.07 Å². The number of ether oxygens (including phenoxy) is 3. The number of likely N-dealkylation sites (tertiary alicyclic amines) is 1. The molecule has 0 aromatic heterocycles. The first kappa shape index (κ1) is 18.0. The Hall–Kier alpha value is -2.77. The van der Waals surface area contributed by atoms with E-state index in [1.165, 1.54) is 4.90 Å². The van der Waals surface area contributed by atoms with Crippen LogP contribution in [0.15, 0.2) is 18.2 Å². The molecule has 1 fully saturated rings. The number of fused-ring (bicyclic) bond motifs is 1. The zero-order valence-corrected chi connectivity index (χ0v) is 14.7. The Balaban J connectivity index is 1.52. The van der Waals surface area contributed by atoms with E-state index in [1.807, 2.05) is 0 Å². The molecule has 2 aliphatic rings. The molecule has 0 bridgehead atoms. The largest absolute Gasteiger partial charge is 0.466 e. The number of amides is 2. The zero-order chi connectivity index (χ0) is 18.5. The lowest BCUT2D eigenvalue weighted by atomic mass is 9.98. The quantitative estimate of drug-likeness (QED) is 0.630. The van der Waals surface area contributed by atoms with Crippen molar-refractivity contribution in [2.45, 2.75) is 26.3 Å². The highest BCUT2D eigenvalue weighted by molar-refractivity contribution is 6.35. The van der Waals surface area contributed by atoms with Crippen molar-refractivity contribution in [3.63, 3.8) is 0 Å². The molecule has 26 heavy (non-hydrogen) atoms. The lowest BCUT2D eigenvalue weighted by molar-refractivity contribution is -0.154. The average molecular weight is 362 g/mol. The van der Waals surface area contributed by atoms with Crippen LogP contribution >= 0.6 is 0 Å². The number of carbonyl (C=O) groups is 3.